The molecule has 0 atom stereocenters. The highest BCUT2D eigenvalue weighted by Crippen LogP contribution is 2.29. The zero-order valence-electron chi connectivity index (χ0n) is 10.8. The Balaban J connectivity index is 2.30. The normalized spacial score (nSPS) is 13.6. The minimum Gasteiger partial charge on any atom is -0.308 e. The van der Waals surface area contributed by atoms with Crippen LogP contribution in [0.1, 0.15) is 0 Å². The second kappa shape index (κ2) is 3.41. The van der Waals surface area contributed by atoms with Crippen LogP contribution in [0.3, 0.4) is 0 Å². The lowest BCUT2D eigenvalue weighted by Gasteiger charge is -1.92. The van der Waals surface area contributed by atoms with Gasteiger partial charge in [0.05, 0.1) is 16.4 Å². The van der Waals surface area contributed by atoms with E-state index in [1.165, 1.54) is 37.8 Å². The first kappa shape index (κ1) is 10.1. The fourth-order valence-electron chi connectivity index (χ4n) is 3.40. The van der Waals surface area contributed by atoms with Gasteiger partial charge in [-0.05, 0) is 30.4 Å². The summed E-state index contributed by atoms with van der Waals surface area (Å²) in [5, 5.41) is 6.51. The number of rotatable bonds is 0. The van der Waals surface area contributed by atoms with Gasteiger partial charge in [0.15, 0.2) is 0 Å². The highest BCUT2D eigenvalue weighted by Gasteiger charge is 2.14. The zero-order valence-corrected chi connectivity index (χ0v) is 10.8. The minimum absolute atomic E-state index is 1.25. The second-order valence-corrected chi connectivity index (χ2v) is 5.19. The van der Waals surface area contributed by atoms with E-state index in [-0.39, 0.29) is 0 Å². The predicted octanol–water partition coefficient (Wildman–Crippen LogP) is 2.97. The molecule has 20 heavy (non-hydrogen) atoms. The van der Waals surface area contributed by atoms with Gasteiger partial charge in [-0.3, -0.25) is 0 Å². The van der Waals surface area contributed by atoms with Crippen molar-refractivity contribution in [2.75, 3.05) is 0 Å². The average Bonchev–Trinajstić information content (AvgIpc) is 2.87. The number of fused-ring (bicyclic) bond motifs is 6. The summed E-state index contributed by atoms with van der Waals surface area (Å²) in [5.41, 5.74) is 5.77. The molecule has 0 fully saturated rings. The fraction of sp³-hybridized carbons (Fsp3) is 0. The van der Waals surface area contributed by atoms with Crippen LogP contribution < -0.4 is 10.6 Å². The Morgan fingerprint density at radius 1 is 0.750 bits per heavy atom. The molecule has 0 amide bonds. The van der Waals surface area contributed by atoms with Crippen molar-refractivity contribution in [1.29, 1.82) is 0 Å². The first-order valence-electron chi connectivity index (χ1n) is 6.81. The number of hydrogen-bond donors (Lipinski definition) is 0. The summed E-state index contributed by atoms with van der Waals surface area (Å²) < 4.78 is 2.38. The van der Waals surface area contributed by atoms with Crippen molar-refractivity contribution in [3.8, 4) is 0 Å². The van der Waals surface area contributed by atoms with Gasteiger partial charge in [0, 0.05) is 21.4 Å². The van der Waals surface area contributed by atoms with Gasteiger partial charge >= 0.3 is 0 Å². The van der Waals surface area contributed by atoms with E-state index in [4.69, 9.17) is 0 Å². The highest BCUT2D eigenvalue weighted by atomic mass is 14.9. The molecule has 1 aliphatic carbocycles. The van der Waals surface area contributed by atoms with Gasteiger partial charge in [-0.1, -0.05) is 36.4 Å². The Bertz CT molecular complexity index is 1170. The molecule has 0 radical (unpaired) electrons. The lowest BCUT2D eigenvalue weighted by Crippen LogP contribution is -2.24. The molecular formula is C19H11N. The third-order valence-electron chi connectivity index (χ3n) is 4.19. The lowest BCUT2D eigenvalue weighted by atomic mass is 10.1. The Kier molecular flexibility index (Phi) is 1.72. The molecule has 1 nitrogen and oxygen atoms in total. The molecule has 2 aromatic carbocycles. The van der Waals surface area contributed by atoms with E-state index in [0.29, 0.717) is 0 Å². The molecule has 0 spiro atoms. The van der Waals surface area contributed by atoms with Crippen molar-refractivity contribution in [2.45, 2.75) is 0 Å². The van der Waals surface area contributed by atoms with Crippen molar-refractivity contribution in [3.05, 3.63) is 70.9 Å². The second-order valence-electron chi connectivity index (χ2n) is 5.19. The van der Waals surface area contributed by atoms with Crippen molar-refractivity contribution in [3.63, 3.8) is 0 Å². The van der Waals surface area contributed by atoms with E-state index >= 15 is 0 Å². The van der Waals surface area contributed by atoms with Crippen LogP contribution in [0.25, 0.3) is 39.3 Å². The Hall–Kier alpha value is -2.76. The topological polar surface area (TPSA) is 4.41 Å². The fourth-order valence-corrected chi connectivity index (χ4v) is 3.40. The number of para-hydroxylation sites is 2. The monoisotopic (exact) mass is 253 g/mol. The minimum atomic E-state index is 1.25. The van der Waals surface area contributed by atoms with Crippen LogP contribution in [-0.2, 0) is 0 Å². The van der Waals surface area contributed by atoms with Crippen LogP contribution >= 0.6 is 0 Å². The van der Waals surface area contributed by atoms with E-state index < -0.39 is 0 Å². The standard InChI is InChI=1S/C19H11N/c1-2-7-13-15-9-6-10-16-14-8-4-5-12-18(14)20(19(15)16)17(13)11-3-1/h2-12H. The van der Waals surface area contributed by atoms with Crippen LogP contribution in [0, 0.1) is 0 Å². The smallest absolute Gasteiger partial charge is 0.0620 e. The third kappa shape index (κ3) is 1.05. The van der Waals surface area contributed by atoms with Gasteiger partial charge in [-0.25, -0.2) is 0 Å². The molecule has 0 saturated heterocycles. The SMILES string of the molecule is C1=CC=c2c(n3c4ccccc4c4cccc2c43)=CC=1. The van der Waals surface area contributed by atoms with Gasteiger partial charge in [0.1, 0.15) is 0 Å². The van der Waals surface area contributed by atoms with E-state index in [9.17, 15) is 0 Å². The quantitative estimate of drug-likeness (QED) is 0.424. The van der Waals surface area contributed by atoms with E-state index in [0.717, 1.165) is 0 Å². The van der Waals surface area contributed by atoms with Gasteiger partial charge in [-0.15, -0.1) is 5.73 Å². The van der Waals surface area contributed by atoms with Crippen molar-refractivity contribution in [2.24, 2.45) is 0 Å². The molecule has 1 heteroatoms. The van der Waals surface area contributed by atoms with Crippen LogP contribution in [0.2, 0.25) is 0 Å². The van der Waals surface area contributed by atoms with Crippen LogP contribution in [0.15, 0.2) is 60.3 Å². The number of hydrogen-bond acceptors (Lipinski definition) is 0. The molecule has 0 N–H and O–H groups in total. The third-order valence-corrected chi connectivity index (χ3v) is 4.19. The molecule has 5 rings (SSSR count). The molecule has 0 saturated carbocycles. The molecule has 2 heterocycles. The predicted molar refractivity (Wildman–Crippen MR) is 84.4 cm³/mol. The first-order chi connectivity index (χ1) is 9.95. The number of aromatic nitrogens is 1. The van der Waals surface area contributed by atoms with Gasteiger partial charge < -0.3 is 4.40 Å². The maximum absolute atomic E-state index is 3.16. The maximum atomic E-state index is 3.16. The van der Waals surface area contributed by atoms with Gasteiger partial charge in [-0.2, -0.15) is 0 Å². The molecule has 4 aromatic rings. The molecule has 0 bridgehead atoms. The molecule has 0 unspecified atom stereocenters. The van der Waals surface area contributed by atoms with Gasteiger partial charge in [0.2, 0.25) is 0 Å². The lowest BCUT2D eigenvalue weighted by molar-refractivity contribution is 1.22. The first-order valence-corrected chi connectivity index (χ1v) is 6.81. The Morgan fingerprint density at radius 2 is 1.55 bits per heavy atom. The summed E-state index contributed by atoms with van der Waals surface area (Å²) in [5.74, 6) is 0. The number of benzene rings is 2. The van der Waals surface area contributed by atoms with E-state index in [1.807, 2.05) is 12.2 Å². The average molecular weight is 253 g/mol. The molecule has 92 valence electrons. The largest absolute Gasteiger partial charge is 0.308 e. The molecule has 2 aromatic heterocycles. The molecule has 1 aliphatic rings. The zero-order chi connectivity index (χ0) is 13.1. The summed E-state index contributed by atoms with van der Waals surface area (Å²) in [6, 6.07) is 15.2. The highest BCUT2D eigenvalue weighted by molar-refractivity contribution is 6.14. The summed E-state index contributed by atoms with van der Waals surface area (Å²) >= 11 is 0. The Labute approximate surface area is 115 Å². The summed E-state index contributed by atoms with van der Waals surface area (Å²) in [4.78, 5) is 0. The summed E-state index contributed by atoms with van der Waals surface area (Å²) in [6.45, 7) is 0. The van der Waals surface area contributed by atoms with Crippen molar-refractivity contribution < 1.29 is 0 Å². The summed E-state index contributed by atoms with van der Waals surface area (Å²) in [6.07, 6.45) is 8.30. The van der Waals surface area contributed by atoms with Gasteiger partial charge in [0.25, 0.3) is 0 Å². The van der Waals surface area contributed by atoms with E-state index in [1.54, 1.807) is 0 Å². The van der Waals surface area contributed by atoms with Crippen LogP contribution in [0.5, 0.6) is 0 Å². The number of nitrogens with zero attached hydrogens (tertiary/aromatic N) is 1. The van der Waals surface area contributed by atoms with Crippen molar-refractivity contribution >= 4 is 39.3 Å². The van der Waals surface area contributed by atoms with E-state index in [2.05, 4.69) is 64.7 Å². The Morgan fingerprint density at radius 3 is 2.55 bits per heavy atom. The molecule has 0 aliphatic heterocycles. The van der Waals surface area contributed by atoms with Crippen LogP contribution in [0.4, 0.5) is 0 Å². The van der Waals surface area contributed by atoms with Crippen molar-refractivity contribution in [1.82, 2.24) is 4.40 Å². The summed E-state index contributed by atoms with van der Waals surface area (Å²) in [7, 11) is 0. The molecular weight excluding hydrogens is 242 g/mol. The van der Waals surface area contributed by atoms with Crippen LogP contribution in [-0.4, -0.2) is 4.40 Å². The maximum Gasteiger partial charge on any atom is 0.0620 e. The number of allylic oxidation sites excluding steroid dienone is 1.